The molecule has 140 valence electrons. The van der Waals surface area contributed by atoms with E-state index in [0.29, 0.717) is 31.7 Å². The molecule has 7 heteroatoms. The van der Waals surface area contributed by atoms with Crippen LogP contribution in [-0.4, -0.2) is 42.1 Å². The smallest absolute Gasteiger partial charge is 0.321 e. The number of carbonyl (C=O) groups is 1. The van der Waals surface area contributed by atoms with Gasteiger partial charge < -0.3 is 15.1 Å². The number of piperazine rings is 1. The lowest BCUT2D eigenvalue weighted by atomic mass is 10.1. The van der Waals surface area contributed by atoms with Gasteiger partial charge in [0.2, 0.25) is 0 Å². The fourth-order valence-electron chi connectivity index (χ4n) is 3.16. The molecule has 0 radical (unpaired) electrons. The summed E-state index contributed by atoms with van der Waals surface area (Å²) in [5.41, 5.74) is 3.59. The molecule has 27 heavy (non-hydrogen) atoms. The van der Waals surface area contributed by atoms with Crippen molar-refractivity contribution < 1.29 is 9.18 Å². The van der Waals surface area contributed by atoms with Crippen molar-refractivity contribution in [3.63, 3.8) is 0 Å². The van der Waals surface area contributed by atoms with Crippen LogP contribution < -0.4 is 10.2 Å². The van der Waals surface area contributed by atoms with Gasteiger partial charge in [-0.15, -0.1) is 0 Å². The lowest BCUT2D eigenvalue weighted by Crippen LogP contribution is -2.50. The second-order valence-electron chi connectivity index (χ2n) is 6.79. The molecule has 5 nitrogen and oxygen atoms in total. The fraction of sp³-hybridized carbons (Fsp3) is 0.300. The Balaban J connectivity index is 1.39. The second kappa shape index (κ2) is 7.15. The predicted molar refractivity (Wildman–Crippen MR) is 108 cm³/mol. The van der Waals surface area contributed by atoms with E-state index in [9.17, 15) is 9.18 Å². The van der Waals surface area contributed by atoms with E-state index < -0.39 is 0 Å². The van der Waals surface area contributed by atoms with Crippen LogP contribution in [-0.2, 0) is 0 Å². The van der Waals surface area contributed by atoms with Gasteiger partial charge in [-0.05, 0) is 49.2 Å². The molecule has 1 aromatic heterocycles. The molecular weight excluding hydrogens is 363 g/mol. The number of hydrogen-bond acceptors (Lipinski definition) is 4. The Hall–Kier alpha value is -2.67. The van der Waals surface area contributed by atoms with Crippen molar-refractivity contribution >= 4 is 38.4 Å². The van der Waals surface area contributed by atoms with Gasteiger partial charge in [-0.25, -0.2) is 14.2 Å². The van der Waals surface area contributed by atoms with Crippen LogP contribution >= 0.6 is 11.3 Å². The van der Waals surface area contributed by atoms with Gasteiger partial charge in [-0.2, -0.15) is 0 Å². The lowest BCUT2D eigenvalue weighted by Gasteiger charge is -2.34. The molecule has 0 atom stereocenters. The second-order valence-corrected chi connectivity index (χ2v) is 7.80. The first-order valence-corrected chi connectivity index (χ1v) is 9.76. The average Bonchev–Trinajstić information content (AvgIpc) is 3.11. The van der Waals surface area contributed by atoms with E-state index in [1.54, 1.807) is 11.0 Å². The van der Waals surface area contributed by atoms with Gasteiger partial charge in [-0.3, -0.25) is 0 Å². The summed E-state index contributed by atoms with van der Waals surface area (Å²) in [5, 5.41) is 3.78. The van der Waals surface area contributed by atoms with Gasteiger partial charge in [0, 0.05) is 31.9 Å². The Morgan fingerprint density at radius 2 is 1.89 bits per heavy atom. The van der Waals surface area contributed by atoms with Crippen LogP contribution in [0.2, 0.25) is 0 Å². The highest BCUT2D eigenvalue weighted by Crippen LogP contribution is 2.30. The molecule has 1 aliphatic rings. The SMILES string of the molecule is Cc1ccc(NC(=O)N2CCN(c3nc4c(F)cccc4s3)CC2)cc1C. The van der Waals surface area contributed by atoms with Crippen molar-refractivity contribution in [3.8, 4) is 0 Å². The first kappa shape index (κ1) is 17.7. The number of anilines is 2. The molecule has 3 aromatic rings. The topological polar surface area (TPSA) is 48.5 Å². The van der Waals surface area contributed by atoms with Crippen molar-refractivity contribution in [2.75, 3.05) is 36.4 Å². The van der Waals surface area contributed by atoms with Gasteiger partial charge in [0.05, 0.1) is 4.70 Å². The number of para-hydroxylation sites is 1. The molecule has 0 spiro atoms. The van der Waals surface area contributed by atoms with Crippen molar-refractivity contribution in [2.45, 2.75) is 13.8 Å². The number of carbonyl (C=O) groups excluding carboxylic acids is 1. The number of hydrogen-bond donors (Lipinski definition) is 1. The third kappa shape index (κ3) is 3.60. The van der Waals surface area contributed by atoms with Crippen LogP contribution in [0.1, 0.15) is 11.1 Å². The van der Waals surface area contributed by atoms with E-state index in [2.05, 4.69) is 15.2 Å². The maximum atomic E-state index is 13.9. The van der Waals surface area contributed by atoms with Crippen molar-refractivity contribution in [1.29, 1.82) is 0 Å². The summed E-state index contributed by atoms with van der Waals surface area (Å²) >= 11 is 1.49. The van der Waals surface area contributed by atoms with Crippen LogP contribution in [0.15, 0.2) is 36.4 Å². The summed E-state index contributed by atoms with van der Waals surface area (Å²) in [5.74, 6) is -0.290. The molecule has 1 saturated heterocycles. The van der Waals surface area contributed by atoms with E-state index in [-0.39, 0.29) is 11.8 Å². The van der Waals surface area contributed by atoms with Crippen molar-refractivity contribution in [1.82, 2.24) is 9.88 Å². The van der Waals surface area contributed by atoms with Crippen molar-refractivity contribution in [3.05, 3.63) is 53.3 Å². The van der Waals surface area contributed by atoms with E-state index in [0.717, 1.165) is 21.1 Å². The van der Waals surface area contributed by atoms with Gasteiger partial charge in [0.15, 0.2) is 5.13 Å². The predicted octanol–water partition coefficient (Wildman–Crippen LogP) is 4.41. The zero-order valence-corrected chi connectivity index (χ0v) is 16.1. The van der Waals surface area contributed by atoms with Crippen molar-refractivity contribution in [2.24, 2.45) is 0 Å². The van der Waals surface area contributed by atoms with Gasteiger partial charge in [0.25, 0.3) is 0 Å². The summed E-state index contributed by atoms with van der Waals surface area (Å²) < 4.78 is 14.7. The number of nitrogens with one attached hydrogen (secondary N) is 1. The molecule has 1 N–H and O–H groups in total. The minimum Gasteiger partial charge on any atom is -0.345 e. The molecule has 2 aromatic carbocycles. The highest BCUT2D eigenvalue weighted by atomic mass is 32.1. The normalized spacial score (nSPS) is 14.6. The third-order valence-electron chi connectivity index (χ3n) is 4.95. The molecule has 2 heterocycles. The monoisotopic (exact) mass is 384 g/mol. The highest BCUT2D eigenvalue weighted by molar-refractivity contribution is 7.22. The minimum atomic E-state index is -0.290. The summed E-state index contributed by atoms with van der Waals surface area (Å²) in [7, 11) is 0. The molecule has 4 rings (SSSR count). The quantitative estimate of drug-likeness (QED) is 0.712. The Morgan fingerprint density at radius 3 is 2.59 bits per heavy atom. The summed E-state index contributed by atoms with van der Waals surface area (Å²) in [6, 6.07) is 10.8. The number of rotatable bonds is 2. The molecule has 0 saturated carbocycles. The zero-order chi connectivity index (χ0) is 19.0. The number of amides is 2. The molecule has 1 fully saturated rings. The standard InChI is InChI=1S/C20H21FN4OS/c1-13-6-7-15(12-14(13)2)22-19(26)24-8-10-25(11-9-24)20-23-18-16(21)4-3-5-17(18)27-20/h3-7,12H,8-11H2,1-2H3,(H,22,26). The molecule has 2 amide bonds. The highest BCUT2D eigenvalue weighted by Gasteiger charge is 2.23. The van der Waals surface area contributed by atoms with Gasteiger partial charge in [-0.1, -0.05) is 23.5 Å². The van der Waals surface area contributed by atoms with Crippen LogP contribution in [0, 0.1) is 19.7 Å². The summed E-state index contributed by atoms with van der Waals surface area (Å²) in [4.78, 5) is 20.9. The van der Waals surface area contributed by atoms with Gasteiger partial charge >= 0.3 is 6.03 Å². The largest absolute Gasteiger partial charge is 0.345 e. The number of aromatic nitrogens is 1. The molecule has 0 aliphatic carbocycles. The van der Waals surface area contributed by atoms with Gasteiger partial charge in [0.1, 0.15) is 11.3 Å². The Kier molecular flexibility index (Phi) is 4.70. The van der Waals surface area contributed by atoms with Crippen LogP contribution in [0.5, 0.6) is 0 Å². The third-order valence-corrected chi connectivity index (χ3v) is 6.04. The number of aryl methyl sites for hydroxylation is 2. The Morgan fingerprint density at radius 1 is 1.11 bits per heavy atom. The summed E-state index contributed by atoms with van der Waals surface area (Å²) in [6.07, 6.45) is 0. The maximum Gasteiger partial charge on any atom is 0.321 e. The minimum absolute atomic E-state index is 0.0896. The number of fused-ring (bicyclic) bond motifs is 1. The number of halogens is 1. The lowest BCUT2D eigenvalue weighted by molar-refractivity contribution is 0.208. The first-order valence-electron chi connectivity index (χ1n) is 8.94. The van der Waals surface area contributed by atoms with E-state index in [1.165, 1.54) is 23.0 Å². The number of thiazole rings is 1. The molecule has 1 aliphatic heterocycles. The molecule has 0 unspecified atom stereocenters. The Bertz CT molecular complexity index is 995. The van der Waals surface area contributed by atoms with Crippen LogP contribution in [0.3, 0.4) is 0 Å². The zero-order valence-electron chi connectivity index (χ0n) is 15.3. The number of benzene rings is 2. The first-order chi connectivity index (χ1) is 13.0. The van der Waals surface area contributed by atoms with E-state index >= 15 is 0 Å². The Labute approximate surface area is 161 Å². The number of nitrogens with zero attached hydrogens (tertiary/aromatic N) is 3. The average molecular weight is 384 g/mol. The van der Waals surface area contributed by atoms with E-state index in [1.807, 2.05) is 38.1 Å². The number of urea groups is 1. The van der Waals surface area contributed by atoms with Crippen LogP contribution in [0.4, 0.5) is 20.0 Å². The maximum absolute atomic E-state index is 13.9. The fourth-order valence-corrected chi connectivity index (χ4v) is 4.19. The van der Waals surface area contributed by atoms with Crippen LogP contribution in [0.25, 0.3) is 10.2 Å². The summed E-state index contributed by atoms with van der Waals surface area (Å²) in [6.45, 7) is 6.66. The molecular formula is C20H21FN4OS. The van der Waals surface area contributed by atoms with E-state index in [4.69, 9.17) is 0 Å². The molecule has 0 bridgehead atoms.